The molecule has 0 aromatic carbocycles. The number of rotatable bonds is 7. The third-order valence-electron chi connectivity index (χ3n) is 2.67. The Hall–Kier alpha value is -0.580. The van der Waals surface area contributed by atoms with Crippen molar-refractivity contribution >= 4 is 11.8 Å². The van der Waals surface area contributed by atoms with Gasteiger partial charge in [-0.15, -0.1) is 11.8 Å². The number of hydrogen-bond donors (Lipinski definition) is 2. The smallest absolute Gasteiger partial charge is 0.0963 e. The Kier molecular flexibility index (Phi) is 6.68. The summed E-state index contributed by atoms with van der Waals surface area (Å²) in [6, 6.07) is 4.12. The number of nitrogens with one attached hydrogen (secondary N) is 1. The maximum Gasteiger partial charge on any atom is 0.0963 e. The molecule has 102 valence electrons. The molecule has 1 heterocycles. The molecule has 18 heavy (non-hydrogen) atoms. The molecular weight excluding hydrogens is 244 g/mol. The van der Waals surface area contributed by atoms with Gasteiger partial charge in [0, 0.05) is 18.0 Å². The van der Waals surface area contributed by atoms with Crippen LogP contribution >= 0.6 is 11.8 Å². The summed E-state index contributed by atoms with van der Waals surface area (Å²) in [7, 11) is 0. The van der Waals surface area contributed by atoms with Crippen LogP contribution in [0.3, 0.4) is 0 Å². The predicted molar refractivity (Wildman–Crippen MR) is 77.8 cm³/mol. The zero-order valence-electron chi connectivity index (χ0n) is 11.7. The van der Waals surface area contributed by atoms with E-state index in [4.69, 9.17) is 0 Å². The zero-order chi connectivity index (χ0) is 13.5. The van der Waals surface area contributed by atoms with Crippen molar-refractivity contribution in [2.75, 3.05) is 6.54 Å². The number of nitrogens with zero attached hydrogens (tertiary/aromatic N) is 1. The second-order valence-electron chi connectivity index (χ2n) is 5.09. The molecule has 1 rings (SSSR count). The summed E-state index contributed by atoms with van der Waals surface area (Å²) in [5.41, 5.74) is 1.20. The van der Waals surface area contributed by atoms with Crippen LogP contribution in [-0.4, -0.2) is 28.0 Å². The highest BCUT2D eigenvalue weighted by molar-refractivity contribution is 7.99. The van der Waals surface area contributed by atoms with E-state index < -0.39 is 0 Å². The van der Waals surface area contributed by atoms with E-state index >= 15 is 0 Å². The summed E-state index contributed by atoms with van der Waals surface area (Å²) < 4.78 is 0. The largest absolute Gasteiger partial charge is 0.392 e. The summed E-state index contributed by atoms with van der Waals surface area (Å²) in [6.45, 7) is 10.1. The van der Waals surface area contributed by atoms with Crippen molar-refractivity contribution < 1.29 is 5.11 Å². The first-order valence-electron chi connectivity index (χ1n) is 6.49. The quantitative estimate of drug-likeness (QED) is 0.746. The Labute approximate surface area is 114 Å². The van der Waals surface area contributed by atoms with Crippen LogP contribution in [0.1, 0.15) is 33.3 Å². The van der Waals surface area contributed by atoms with Crippen molar-refractivity contribution in [1.82, 2.24) is 10.3 Å². The molecule has 4 heteroatoms. The van der Waals surface area contributed by atoms with Crippen molar-refractivity contribution in [3.05, 3.63) is 23.9 Å². The average molecular weight is 268 g/mol. The first-order valence-corrected chi connectivity index (χ1v) is 7.37. The van der Waals surface area contributed by atoms with Crippen LogP contribution < -0.4 is 5.32 Å². The summed E-state index contributed by atoms with van der Waals surface area (Å²) in [4.78, 5) is 4.41. The molecule has 0 aliphatic heterocycles. The third-order valence-corrected chi connectivity index (χ3v) is 3.91. The van der Waals surface area contributed by atoms with Crippen LogP contribution in [0.15, 0.2) is 23.4 Å². The number of aliphatic hydroxyl groups is 1. The fourth-order valence-electron chi connectivity index (χ4n) is 1.38. The van der Waals surface area contributed by atoms with Crippen LogP contribution in [0.4, 0.5) is 0 Å². The molecule has 0 bridgehead atoms. The SMILES string of the molecule is CC(C)CNCc1ccc(SC(C)C(C)O)nc1. The van der Waals surface area contributed by atoms with Gasteiger partial charge < -0.3 is 10.4 Å². The number of hydrogen-bond acceptors (Lipinski definition) is 4. The molecule has 1 aromatic rings. The molecule has 0 saturated carbocycles. The first kappa shape index (κ1) is 15.5. The molecule has 0 radical (unpaired) electrons. The lowest BCUT2D eigenvalue weighted by atomic mass is 10.2. The summed E-state index contributed by atoms with van der Waals surface area (Å²) >= 11 is 1.61. The highest BCUT2D eigenvalue weighted by Gasteiger charge is 2.10. The van der Waals surface area contributed by atoms with Gasteiger partial charge in [0.15, 0.2) is 0 Å². The van der Waals surface area contributed by atoms with E-state index in [0.717, 1.165) is 18.1 Å². The molecule has 0 saturated heterocycles. The van der Waals surface area contributed by atoms with Crippen molar-refractivity contribution in [2.45, 2.75) is 50.6 Å². The van der Waals surface area contributed by atoms with E-state index in [1.54, 1.807) is 11.8 Å². The van der Waals surface area contributed by atoms with E-state index in [1.165, 1.54) is 5.56 Å². The predicted octanol–water partition coefficient (Wildman–Crippen LogP) is 2.69. The lowest BCUT2D eigenvalue weighted by Gasteiger charge is -2.13. The van der Waals surface area contributed by atoms with E-state index in [0.29, 0.717) is 5.92 Å². The fourth-order valence-corrected chi connectivity index (χ4v) is 2.22. The molecule has 2 atom stereocenters. The van der Waals surface area contributed by atoms with Crippen molar-refractivity contribution in [3.63, 3.8) is 0 Å². The van der Waals surface area contributed by atoms with Gasteiger partial charge >= 0.3 is 0 Å². The molecule has 0 aliphatic carbocycles. The van der Waals surface area contributed by atoms with Gasteiger partial charge in [-0.05, 0) is 31.0 Å². The number of aliphatic hydroxyl groups excluding tert-OH is 1. The summed E-state index contributed by atoms with van der Waals surface area (Å²) in [5.74, 6) is 0.666. The minimum absolute atomic E-state index is 0.169. The molecular formula is C14H24N2OS. The Morgan fingerprint density at radius 2 is 2.00 bits per heavy atom. The van der Waals surface area contributed by atoms with E-state index in [2.05, 4.69) is 30.2 Å². The van der Waals surface area contributed by atoms with Gasteiger partial charge in [-0.3, -0.25) is 0 Å². The minimum Gasteiger partial charge on any atom is -0.392 e. The Bertz CT molecular complexity index is 338. The number of pyridine rings is 1. The Morgan fingerprint density at radius 1 is 1.28 bits per heavy atom. The van der Waals surface area contributed by atoms with Crippen molar-refractivity contribution in [3.8, 4) is 0 Å². The number of aromatic nitrogens is 1. The lowest BCUT2D eigenvalue weighted by Crippen LogP contribution is -2.19. The van der Waals surface area contributed by atoms with Crippen LogP contribution in [-0.2, 0) is 6.54 Å². The highest BCUT2D eigenvalue weighted by Crippen LogP contribution is 2.23. The van der Waals surface area contributed by atoms with Gasteiger partial charge in [0.2, 0.25) is 0 Å². The van der Waals surface area contributed by atoms with Gasteiger partial charge in [0.25, 0.3) is 0 Å². The zero-order valence-corrected chi connectivity index (χ0v) is 12.5. The Balaban J connectivity index is 2.42. The van der Waals surface area contributed by atoms with Crippen LogP contribution in [0.25, 0.3) is 0 Å². The maximum absolute atomic E-state index is 9.45. The van der Waals surface area contributed by atoms with Gasteiger partial charge in [-0.25, -0.2) is 4.98 Å². The number of thioether (sulfide) groups is 1. The van der Waals surface area contributed by atoms with E-state index in [9.17, 15) is 5.11 Å². The maximum atomic E-state index is 9.45. The lowest BCUT2D eigenvalue weighted by molar-refractivity contribution is 0.196. The van der Waals surface area contributed by atoms with Gasteiger partial charge in [0.05, 0.1) is 11.1 Å². The van der Waals surface area contributed by atoms with Crippen molar-refractivity contribution in [2.24, 2.45) is 5.92 Å². The topological polar surface area (TPSA) is 45.1 Å². The molecule has 2 unspecified atom stereocenters. The van der Waals surface area contributed by atoms with Gasteiger partial charge in [-0.1, -0.05) is 26.8 Å². The second-order valence-corrected chi connectivity index (χ2v) is 6.49. The molecule has 0 amide bonds. The van der Waals surface area contributed by atoms with Crippen LogP contribution in [0, 0.1) is 5.92 Å². The summed E-state index contributed by atoms with van der Waals surface area (Å²) in [5, 5.41) is 14.0. The monoisotopic (exact) mass is 268 g/mol. The summed E-state index contributed by atoms with van der Waals surface area (Å²) in [6.07, 6.45) is 1.59. The first-order chi connectivity index (χ1) is 8.49. The molecule has 2 N–H and O–H groups in total. The molecule has 0 fully saturated rings. The second kappa shape index (κ2) is 7.77. The van der Waals surface area contributed by atoms with Crippen LogP contribution in [0.2, 0.25) is 0 Å². The normalized spacial score (nSPS) is 14.8. The standard InChI is InChI=1S/C14H24N2OS/c1-10(2)7-15-8-13-5-6-14(16-9-13)18-12(4)11(3)17/h5-6,9-12,15,17H,7-8H2,1-4H3. The van der Waals surface area contributed by atoms with Gasteiger partial charge in [0.1, 0.15) is 0 Å². The Morgan fingerprint density at radius 3 is 2.50 bits per heavy atom. The minimum atomic E-state index is -0.316. The van der Waals surface area contributed by atoms with E-state index in [1.807, 2.05) is 26.1 Å². The highest BCUT2D eigenvalue weighted by atomic mass is 32.2. The van der Waals surface area contributed by atoms with Crippen LogP contribution in [0.5, 0.6) is 0 Å². The molecule has 0 spiro atoms. The van der Waals surface area contributed by atoms with Gasteiger partial charge in [-0.2, -0.15) is 0 Å². The van der Waals surface area contributed by atoms with E-state index in [-0.39, 0.29) is 11.4 Å². The molecule has 3 nitrogen and oxygen atoms in total. The fraction of sp³-hybridized carbons (Fsp3) is 0.643. The average Bonchev–Trinajstić information content (AvgIpc) is 2.30. The van der Waals surface area contributed by atoms with Crippen molar-refractivity contribution in [1.29, 1.82) is 0 Å². The molecule has 0 aliphatic rings. The third kappa shape index (κ3) is 5.85. The molecule has 1 aromatic heterocycles.